The van der Waals surface area contributed by atoms with Crippen molar-refractivity contribution >= 4 is 5.78 Å². The summed E-state index contributed by atoms with van der Waals surface area (Å²) in [6.45, 7) is 4.69. The smallest absolute Gasteiger partial charge is 0.155 e. The van der Waals surface area contributed by atoms with E-state index >= 15 is 0 Å². The number of aliphatic hydroxyl groups is 2. The van der Waals surface area contributed by atoms with E-state index in [-0.39, 0.29) is 23.2 Å². The molecule has 2 N–H and O–H groups in total. The lowest BCUT2D eigenvalue weighted by Crippen LogP contribution is -2.55. The van der Waals surface area contributed by atoms with E-state index in [0.29, 0.717) is 24.7 Å². The van der Waals surface area contributed by atoms with Gasteiger partial charge < -0.3 is 10.2 Å². The van der Waals surface area contributed by atoms with Gasteiger partial charge in [0.15, 0.2) is 5.78 Å². The number of rotatable bonds is 1. The Hall–Kier alpha value is -0.670. The van der Waals surface area contributed by atoms with Crippen LogP contribution in [0.2, 0.25) is 0 Å². The van der Waals surface area contributed by atoms with E-state index in [1.165, 1.54) is 0 Å². The SMILES string of the molecule is C[C@]1(CO)CCC[C@@]2(C)[C@@H]1C[C@H](O)C1=CC(=O)CC[C@@H]12. The molecule has 0 spiro atoms. The number of ketones is 1. The summed E-state index contributed by atoms with van der Waals surface area (Å²) in [7, 11) is 0. The van der Waals surface area contributed by atoms with Crippen molar-refractivity contribution in [3.05, 3.63) is 11.6 Å². The first-order valence-electron chi connectivity index (χ1n) is 7.94. The van der Waals surface area contributed by atoms with Crippen LogP contribution in [0.3, 0.4) is 0 Å². The second kappa shape index (κ2) is 4.67. The number of fused-ring (bicyclic) bond motifs is 3. The standard InChI is InChI=1S/C17H26O3/c1-16(10-18)6-3-7-17(2)13-5-4-11(19)8-12(13)14(20)9-15(16)17/h8,13-15,18,20H,3-7,9-10H2,1-2H3/t13-,14-,15+,16+,17+/m0/s1. The highest BCUT2D eigenvalue weighted by molar-refractivity contribution is 5.91. The van der Waals surface area contributed by atoms with Crippen LogP contribution < -0.4 is 0 Å². The lowest BCUT2D eigenvalue weighted by atomic mass is 9.45. The molecule has 3 heteroatoms. The molecule has 112 valence electrons. The Morgan fingerprint density at radius 3 is 2.80 bits per heavy atom. The van der Waals surface area contributed by atoms with E-state index in [0.717, 1.165) is 31.3 Å². The predicted octanol–water partition coefficient (Wildman–Crippen LogP) is 2.46. The Bertz CT molecular complexity index is 455. The van der Waals surface area contributed by atoms with Crippen molar-refractivity contribution in [1.29, 1.82) is 0 Å². The summed E-state index contributed by atoms with van der Waals surface area (Å²) in [5, 5.41) is 20.4. The van der Waals surface area contributed by atoms with E-state index in [1.54, 1.807) is 6.08 Å². The van der Waals surface area contributed by atoms with E-state index in [4.69, 9.17) is 0 Å². The molecule has 2 fully saturated rings. The number of carbonyl (C=O) groups excluding carboxylic acids is 1. The zero-order chi connectivity index (χ0) is 14.5. The molecular weight excluding hydrogens is 252 g/mol. The fraction of sp³-hybridized carbons (Fsp3) is 0.824. The van der Waals surface area contributed by atoms with Crippen LogP contribution in [-0.2, 0) is 4.79 Å². The molecular formula is C17H26O3. The Labute approximate surface area is 121 Å². The summed E-state index contributed by atoms with van der Waals surface area (Å²) in [5.74, 6) is 0.831. The summed E-state index contributed by atoms with van der Waals surface area (Å²) < 4.78 is 0. The van der Waals surface area contributed by atoms with Crippen LogP contribution >= 0.6 is 0 Å². The van der Waals surface area contributed by atoms with Crippen molar-refractivity contribution in [2.24, 2.45) is 22.7 Å². The first kappa shape index (κ1) is 14.3. The highest BCUT2D eigenvalue weighted by atomic mass is 16.3. The van der Waals surface area contributed by atoms with Crippen molar-refractivity contribution in [3.8, 4) is 0 Å². The molecule has 0 heterocycles. The first-order chi connectivity index (χ1) is 9.40. The third kappa shape index (κ3) is 1.90. The molecule has 20 heavy (non-hydrogen) atoms. The van der Waals surface area contributed by atoms with E-state index in [9.17, 15) is 15.0 Å². The van der Waals surface area contributed by atoms with Gasteiger partial charge in [0, 0.05) is 13.0 Å². The number of hydrogen-bond donors (Lipinski definition) is 2. The zero-order valence-electron chi connectivity index (χ0n) is 12.6. The summed E-state index contributed by atoms with van der Waals surface area (Å²) >= 11 is 0. The molecule has 0 amide bonds. The molecule has 3 aliphatic carbocycles. The molecule has 0 bridgehead atoms. The maximum absolute atomic E-state index is 11.7. The minimum atomic E-state index is -0.494. The number of hydrogen-bond acceptors (Lipinski definition) is 3. The maximum atomic E-state index is 11.7. The van der Waals surface area contributed by atoms with Crippen LogP contribution in [0.15, 0.2) is 11.6 Å². The molecule has 3 aliphatic rings. The van der Waals surface area contributed by atoms with Crippen LogP contribution in [0.25, 0.3) is 0 Å². The van der Waals surface area contributed by atoms with Gasteiger partial charge in [-0.1, -0.05) is 20.3 Å². The Balaban J connectivity index is 2.03. The number of allylic oxidation sites excluding steroid dienone is 1. The van der Waals surface area contributed by atoms with Gasteiger partial charge >= 0.3 is 0 Å². The second-order valence-electron chi connectivity index (χ2n) is 7.68. The predicted molar refractivity (Wildman–Crippen MR) is 77.1 cm³/mol. The molecule has 5 atom stereocenters. The number of carbonyl (C=O) groups is 1. The molecule has 0 aromatic rings. The minimum Gasteiger partial charge on any atom is -0.396 e. The average molecular weight is 278 g/mol. The lowest BCUT2D eigenvalue weighted by Gasteiger charge is -2.60. The number of aliphatic hydroxyl groups excluding tert-OH is 2. The second-order valence-corrected chi connectivity index (χ2v) is 7.68. The largest absolute Gasteiger partial charge is 0.396 e. The fourth-order valence-electron chi connectivity index (χ4n) is 5.39. The molecule has 2 saturated carbocycles. The minimum absolute atomic E-state index is 0.0824. The topological polar surface area (TPSA) is 57.5 Å². The van der Waals surface area contributed by atoms with E-state index < -0.39 is 6.10 Å². The first-order valence-corrected chi connectivity index (χ1v) is 7.94. The van der Waals surface area contributed by atoms with Gasteiger partial charge in [0.2, 0.25) is 0 Å². The third-order valence-corrected chi connectivity index (χ3v) is 6.51. The van der Waals surface area contributed by atoms with Crippen molar-refractivity contribution in [3.63, 3.8) is 0 Å². The molecule has 0 radical (unpaired) electrons. The Kier molecular flexibility index (Phi) is 3.33. The molecule has 0 aromatic carbocycles. The summed E-state index contributed by atoms with van der Waals surface area (Å²) in [6.07, 6.45) is 6.73. The van der Waals surface area contributed by atoms with Crippen molar-refractivity contribution in [1.82, 2.24) is 0 Å². The van der Waals surface area contributed by atoms with Crippen molar-refractivity contribution in [2.45, 2.75) is 58.5 Å². The van der Waals surface area contributed by atoms with Gasteiger partial charge in [0.1, 0.15) is 0 Å². The van der Waals surface area contributed by atoms with Gasteiger partial charge in [-0.2, -0.15) is 0 Å². The van der Waals surface area contributed by atoms with Crippen LogP contribution in [0.4, 0.5) is 0 Å². The Morgan fingerprint density at radius 2 is 2.10 bits per heavy atom. The van der Waals surface area contributed by atoms with Crippen LogP contribution in [0, 0.1) is 22.7 Å². The van der Waals surface area contributed by atoms with Crippen LogP contribution in [-0.4, -0.2) is 28.7 Å². The molecule has 3 nitrogen and oxygen atoms in total. The van der Waals surface area contributed by atoms with Crippen LogP contribution in [0.1, 0.15) is 52.4 Å². The normalized spacial score (nSPS) is 48.3. The molecule has 0 saturated heterocycles. The highest BCUT2D eigenvalue weighted by Gasteiger charge is 2.57. The van der Waals surface area contributed by atoms with E-state index in [2.05, 4.69) is 13.8 Å². The summed E-state index contributed by atoms with van der Waals surface area (Å²) in [6, 6.07) is 0. The van der Waals surface area contributed by atoms with Gasteiger partial charge in [-0.15, -0.1) is 0 Å². The summed E-state index contributed by atoms with van der Waals surface area (Å²) in [4.78, 5) is 11.7. The van der Waals surface area contributed by atoms with Crippen molar-refractivity contribution < 1.29 is 15.0 Å². The van der Waals surface area contributed by atoms with Crippen LogP contribution in [0.5, 0.6) is 0 Å². The third-order valence-electron chi connectivity index (χ3n) is 6.51. The lowest BCUT2D eigenvalue weighted by molar-refractivity contribution is -0.123. The van der Waals surface area contributed by atoms with Crippen molar-refractivity contribution in [2.75, 3.05) is 6.61 Å². The quantitative estimate of drug-likeness (QED) is 0.774. The van der Waals surface area contributed by atoms with E-state index in [1.807, 2.05) is 0 Å². The highest BCUT2D eigenvalue weighted by Crippen LogP contribution is 2.62. The molecule has 0 aliphatic heterocycles. The maximum Gasteiger partial charge on any atom is 0.155 e. The molecule has 0 aromatic heterocycles. The monoisotopic (exact) mass is 278 g/mol. The van der Waals surface area contributed by atoms with Gasteiger partial charge in [0.25, 0.3) is 0 Å². The average Bonchev–Trinajstić information content (AvgIpc) is 2.42. The Morgan fingerprint density at radius 1 is 1.35 bits per heavy atom. The summed E-state index contributed by atoms with van der Waals surface area (Å²) in [5.41, 5.74) is 1.02. The zero-order valence-corrected chi connectivity index (χ0v) is 12.6. The fourth-order valence-corrected chi connectivity index (χ4v) is 5.39. The van der Waals surface area contributed by atoms with Gasteiger partial charge in [-0.25, -0.2) is 0 Å². The van der Waals surface area contributed by atoms with Gasteiger partial charge in [0.05, 0.1) is 6.10 Å². The molecule has 0 unspecified atom stereocenters. The van der Waals surface area contributed by atoms with Gasteiger partial charge in [-0.05, 0) is 60.0 Å². The van der Waals surface area contributed by atoms with Gasteiger partial charge in [-0.3, -0.25) is 4.79 Å². The molecule has 3 rings (SSSR count).